The van der Waals surface area contributed by atoms with E-state index < -0.39 is 11.9 Å². The first kappa shape index (κ1) is 21.4. The van der Waals surface area contributed by atoms with Gasteiger partial charge in [-0.2, -0.15) is 0 Å². The van der Waals surface area contributed by atoms with Crippen LogP contribution in [0.15, 0.2) is 24.3 Å². The Bertz CT molecular complexity index is 837. The second kappa shape index (κ2) is 9.31. The Morgan fingerprint density at radius 1 is 0.963 bits per heavy atom. The third kappa shape index (κ3) is 5.06. The summed E-state index contributed by atoms with van der Waals surface area (Å²) in [6, 6.07) is 6.32. The van der Waals surface area contributed by atoms with Crippen LogP contribution in [0.5, 0.6) is 5.75 Å². The Kier molecular flexibility index (Phi) is 7.36. The van der Waals surface area contributed by atoms with Crippen LogP contribution in [-0.2, 0) is 9.53 Å². The van der Waals surface area contributed by atoms with Gasteiger partial charge in [0.05, 0.1) is 22.2 Å². The number of hydrogen-bond acceptors (Lipinski definition) is 4. The lowest BCUT2D eigenvalue weighted by Gasteiger charge is -2.15. The zero-order chi connectivity index (χ0) is 20.1. The molecule has 1 N–H and O–H groups in total. The summed E-state index contributed by atoms with van der Waals surface area (Å²) in [7, 11) is 0. The molecule has 2 rings (SSSR count). The third-order valence-corrected chi connectivity index (χ3v) is 5.22. The Hall–Kier alpha value is -1.95. The van der Waals surface area contributed by atoms with Crippen LogP contribution >= 0.6 is 34.8 Å². The van der Waals surface area contributed by atoms with Gasteiger partial charge in [0.1, 0.15) is 0 Å². The summed E-state index contributed by atoms with van der Waals surface area (Å²) in [5.74, 6) is -0.613. The number of amides is 1. The minimum Gasteiger partial charge on any atom is -0.481 e. The normalized spacial score (nSPS) is 10.4. The molecule has 0 atom stereocenters. The van der Waals surface area contributed by atoms with Gasteiger partial charge in [-0.15, -0.1) is 0 Å². The molecule has 0 radical (unpaired) electrons. The fourth-order valence-electron chi connectivity index (χ4n) is 2.28. The largest absolute Gasteiger partial charge is 0.481 e. The molecule has 0 unspecified atom stereocenters. The predicted octanol–water partition coefficient (Wildman–Crippen LogP) is 5.46. The molecule has 0 heterocycles. The summed E-state index contributed by atoms with van der Waals surface area (Å²) < 4.78 is 10.4. The molecule has 0 aliphatic carbocycles. The molecule has 0 saturated carbocycles. The van der Waals surface area contributed by atoms with Gasteiger partial charge < -0.3 is 14.8 Å². The van der Waals surface area contributed by atoms with Crippen LogP contribution < -0.4 is 10.1 Å². The minimum absolute atomic E-state index is 0.213. The van der Waals surface area contributed by atoms with Crippen molar-refractivity contribution in [3.8, 4) is 5.75 Å². The van der Waals surface area contributed by atoms with Gasteiger partial charge in [0.15, 0.2) is 12.4 Å². The Balaban J connectivity index is 2.02. The molecular weight excluding hydrogens is 413 g/mol. The summed E-state index contributed by atoms with van der Waals surface area (Å²) in [5.41, 5.74) is 2.17. The average Bonchev–Trinajstić information content (AvgIpc) is 2.65. The van der Waals surface area contributed by atoms with E-state index in [1.807, 2.05) is 0 Å². The molecule has 2 aromatic carbocycles. The highest BCUT2D eigenvalue weighted by molar-refractivity contribution is 6.42. The van der Waals surface area contributed by atoms with Gasteiger partial charge in [0, 0.05) is 10.7 Å². The van der Waals surface area contributed by atoms with Gasteiger partial charge in [-0.05, 0) is 56.2 Å². The van der Waals surface area contributed by atoms with Crippen molar-refractivity contribution in [1.29, 1.82) is 0 Å². The highest BCUT2D eigenvalue weighted by Gasteiger charge is 2.18. The van der Waals surface area contributed by atoms with E-state index in [9.17, 15) is 9.59 Å². The lowest BCUT2D eigenvalue weighted by molar-refractivity contribution is -0.118. The van der Waals surface area contributed by atoms with Crippen molar-refractivity contribution in [1.82, 2.24) is 0 Å². The number of hydrogen-bond donors (Lipinski definition) is 1. The number of carbonyl (C=O) groups excluding carboxylic acids is 2. The first-order chi connectivity index (χ1) is 12.8. The quantitative estimate of drug-likeness (QED) is 0.618. The van der Waals surface area contributed by atoms with E-state index in [0.29, 0.717) is 34.0 Å². The molecule has 0 spiro atoms. The number of nitrogens with one attached hydrogen (secondary N) is 1. The van der Waals surface area contributed by atoms with Gasteiger partial charge in [-0.1, -0.05) is 34.8 Å². The third-order valence-electron chi connectivity index (χ3n) is 3.74. The van der Waals surface area contributed by atoms with E-state index in [0.717, 1.165) is 0 Å². The van der Waals surface area contributed by atoms with E-state index in [1.54, 1.807) is 45.0 Å². The predicted molar refractivity (Wildman–Crippen MR) is 107 cm³/mol. The average molecular weight is 431 g/mol. The maximum Gasteiger partial charge on any atom is 0.338 e. The molecule has 27 heavy (non-hydrogen) atoms. The number of halogens is 3. The van der Waals surface area contributed by atoms with Crippen LogP contribution in [0.2, 0.25) is 15.1 Å². The number of rotatable bonds is 6. The van der Waals surface area contributed by atoms with Gasteiger partial charge >= 0.3 is 5.97 Å². The number of carbonyl (C=O) groups is 2. The van der Waals surface area contributed by atoms with Crippen molar-refractivity contribution in [3.63, 3.8) is 0 Å². The topological polar surface area (TPSA) is 64.6 Å². The van der Waals surface area contributed by atoms with Crippen molar-refractivity contribution in [2.75, 3.05) is 18.5 Å². The van der Waals surface area contributed by atoms with Gasteiger partial charge in [-0.25, -0.2) is 4.79 Å². The van der Waals surface area contributed by atoms with Crippen molar-refractivity contribution in [2.45, 2.75) is 20.8 Å². The SMILES string of the molecule is CCOC(=O)c1ccc(NC(=O)COc2c(Cl)c(C)c(Cl)c(C)c2Cl)cc1. The molecule has 0 fully saturated rings. The number of ether oxygens (including phenoxy) is 2. The van der Waals surface area contributed by atoms with Crippen LogP contribution in [0.25, 0.3) is 0 Å². The molecule has 8 heteroatoms. The van der Waals surface area contributed by atoms with E-state index in [-0.39, 0.29) is 22.4 Å². The Morgan fingerprint density at radius 3 is 2.04 bits per heavy atom. The molecule has 144 valence electrons. The zero-order valence-corrected chi connectivity index (χ0v) is 17.3. The molecule has 1 amide bonds. The molecule has 0 aliphatic rings. The van der Waals surface area contributed by atoms with Crippen molar-refractivity contribution < 1.29 is 19.1 Å². The Morgan fingerprint density at radius 2 is 1.52 bits per heavy atom. The molecular formula is C19H18Cl3NO4. The van der Waals surface area contributed by atoms with Crippen LogP contribution in [0, 0.1) is 13.8 Å². The lowest BCUT2D eigenvalue weighted by Crippen LogP contribution is -2.20. The fourth-order valence-corrected chi connectivity index (χ4v) is 3.10. The standard InChI is InChI=1S/C19H18Cl3NO4/c1-4-26-19(25)12-5-7-13(8-6-12)23-14(24)9-27-18-16(21)10(2)15(20)11(3)17(18)22/h5-8H,4,9H2,1-3H3,(H,23,24). The van der Waals surface area contributed by atoms with Crippen LogP contribution in [0.1, 0.15) is 28.4 Å². The van der Waals surface area contributed by atoms with E-state index >= 15 is 0 Å². The zero-order valence-electron chi connectivity index (χ0n) is 15.0. The van der Waals surface area contributed by atoms with Crippen LogP contribution in [-0.4, -0.2) is 25.1 Å². The highest BCUT2D eigenvalue weighted by Crippen LogP contribution is 2.42. The van der Waals surface area contributed by atoms with E-state index in [2.05, 4.69) is 5.32 Å². The molecule has 0 aromatic heterocycles. The van der Waals surface area contributed by atoms with E-state index in [4.69, 9.17) is 44.3 Å². The molecule has 2 aromatic rings. The van der Waals surface area contributed by atoms with E-state index in [1.165, 1.54) is 0 Å². The summed E-state index contributed by atoms with van der Waals surface area (Å²) in [4.78, 5) is 23.7. The molecule has 0 aliphatic heterocycles. The van der Waals surface area contributed by atoms with Crippen molar-refractivity contribution in [2.24, 2.45) is 0 Å². The number of esters is 1. The minimum atomic E-state index is -0.420. The van der Waals surface area contributed by atoms with Gasteiger partial charge in [-0.3, -0.25) is 4.79 Å². The smallest absolute Gasteiger partial charge is 0.338 e. The maximum atomic E-state index is 12.1. The van der Waals surface area contributed by atoms with Crippen molar-refractivity contribution >= 4 is 52.4 Å². The van der Waals surface area contributed by atoms with Crippen LogP contribution in [0.4, 0.5) is 5.69 Å². The fraction of sp³-hybridized carbons (Fsp3) is 0.263. The highest BCUT2D eigenvalue weighted by atomic mass is 35.5. The van der Waals surface area contributed by atoms with Gasteiger partial charge in [0.25, 0.3) is 5.91 Å². The van der Waals surface area contributed by atoms with Crippen molar-refractivity contribution in [3.05, 3.63) is 56.0 Å². The lowest BCUT2D eigenvalue weighted by atomic mass is 10.1. The first-order valence-corrected chi connectivity index (χ1v) is 9.23. The number of anilines is 1. The molecule has 0 bridgehead atoms. The molecule has 0 saturated heterocycles. The first-order valence-electron chi connectivity index (χ1n) is 8.09. The van der Waals surface area contributed by atoms with Crippen LogP contribution in [0.3, 0.4) is 0 Å². The summed E-state index contributed by atoms with van der Waals surface area (Å²) >= 11 is 18.6. The second-order valence-corrected chi connectivity index (χ2v) is 6.79. The summed E-state index contributed by atoms with van der Waals surface area (Å²) in [6.07, 6.45) is 0. The Labute approximate surface area is 172 Å². The molecule has 5 nitrogen and oxygen atoms in total. The monoisotopic (exact) mass is 429 g/mol. The summed E-state index contributed by atoms with van der Waals surface area (Å²) in [6.45, 7) is 5.22. The summed E-state index contributed by atoms with van der Waals surface area (Å²) in [5, 5.41) is 3.65. The van der Waals surface area contributed by atoms with Gasteiger partial charge in [0.2, 0.25) is 0 Å². The maximum absolute atomic E-state index is 12.1. The number of benzene rings is 2. The second-order valence-electron chi connectivity index (χ2n) is 5.66.